The third-order valence-corrected chi connectivity index (χ3v) is 0.731. The zero-order valence-corrected chi connectivity index (χ0v) is 3.92. The maximum absolute atomic E-state index is 8.60. The Bertz CT molecular complexity index is 142. The molecule has 1 rings (SSSR count). The first-order chi connectivity index (χ1) is 3.30. The molecule has 0 atom stereocenters. The van der Waals surface area contributed by atoms with Crippen LogP contribution in [-0.2, 0) is 7.05 Å². The summed E-state index contributed by atoms with van der Waals surface area (Å²) in [5.41, 5.74) is 0. The van der Waals surface area contributed by atoms with Gasteiger partial charge in [0.25, 0.3) is 0 Å². The molecule has 0 aliphatic heterocycles. The Kier molecular flexibility index (Phi) is 0.749. The summed E-state index contributed by atoms with van der Waals surface area (Å²) in [5.74, 6) is 0.0694. The molecule has 1 heterocycles. The van der Waals surface area contributed by atoms with Gasteiger partial charge in [-0.3, -0.25) is 0 Å². The van der Waals surface area contributed by atoms with Crippen LogP contribution in [0, 0.1) is 6.07 Å². The lowest BCUT2D eigenvalue weighted by molar-refractivity contribution is 0.418. The second-order valence-corrected chi connectivity index (χ2v) is 1.24. The molecule has 3 nitrogen and oxygen atoms in total. The number of rotatable bonds is 0. The molecule has 0 bridgehead atoms. The molecule has 0 aliphatic rings. The summed E-state index contributed by atoms with van der Waals surface area (Å²) in [5, 5.41) is 12.2. The van der Waals surface area contributed by atoms with Crippen molar-refractivity contribution in [3.8, 4) is 5.88 Å². The molecule has 37 valence electrons. The molecular weight excluding hydrogens is 92.1 g/mol. The molecule has 1 N–H and O–H groups in total. The van der Waals surface area contributed by atoms with Gasteiger partial charge in [-0.25, -0.2) is 4.68 Å². The maximum atomic E-state index is 8.60. The van der Waals surface area contributed by atoms with E-state index in [-0.39, 0.29) is 5.88 Å². The highest BCUT2D eigenvalue weighted by molar-refractivity contribution is 5.00. The molecule has 0 aliphatic carbocycles. The summed E-state index contributed by atoms with van der Waals surface area (Å²) >= 11 is 0. The van der Waals surface area contributed by atoms with Gasteiger partial charge in [-0.1, -0.05) is 0 Å². The summed E-state index contributed by atoms with van der Waals surface area (Å²) in [7, 11) is 1.64. The predicted molar refractivity (Wildman–Crippen MR) is 23.7 cm³/mol. The number of aromatic hydroxyl groups is 1. The lowest BCUT2D eigenvalue weighted by Crippen LogP contribution is -1.86. The van der Waals surface area contributed by atoms with Crippen LogP contribution >= 0.6 is 0 Å². The Morgan fingerprint density at radius 1 is 2.00 bits per heavy atom. The Labute approximate surface area is 41.2 Å². The standard InChI is InChI=1S/C4H5N2O/c1-6-4(7)2-3-5-6/h3,7H,1H3. The van der Waals surface area contributed by atoms with Gasteiger partial charge >= 0.3 is 0 Å². The van der Waals surface area contributed by atoms with Crippen LogP contribution in [0.15, 0.2) is 6.20 Å². The van der Waals surface area contributed by atoms with Gasteiger partial charge in [0.1, 0.15) is 0 Å². The third kappa shape index (κ3) is 0.559. The summed E-state index contributed by atoms with van der Waals surface area (Å²) in [6.45, 7) is 0. The normalized spacial score (nSPS) is 9.29. The zero-order chi connectivity index (χ0) is 5.28. The van der Waals surface area contributed by atoms with E-state index >= 15 is 0 Å². The summed E-state index contributed by atoms with van der Waals surface area (Å²) < 4.78 is 1.33. The summed E-state index contributed by atoms with van der Waals surface area (Å²) in [6, 6.07) is 2.48. The van der Waals surface area contributed by atoms with Crippen molar-refractivity contribution < 1.29 is 5.11 Å². The average Bonchev–Trinajstić information content (AvgIpc) is 1.91. The van der Waals surface area contributed by atoms with Gasteiger partial charge in [0.2, 0.25) is 5.88 Å². The van der Waals surface area contributed by atoms with Crippen LogP contribution in [0.1, 0.15) is 0 Å². The van der Waals surface area contributed by atoms with Crippen LogP contribution < -0.4 is 0 Å². The van der Waals surface area contributed by atoms with E-state index in [1.54, 1.807) is 7.05 Å². The van der Waals surface area contributed by atoms with Crippen molar-refractivity contribution in [2.45, 2.75) is 0 Å². The molecule has 1 aromatic heterocycles. The van der Waals surface area contributed by atoms with Crippen molar-refractivity contribution >= 4 is 0 Å². The molecule has 0 unspecified atom stereocenters. The fraction of sp³-hybridized carbons (Fsp3) is 0.250. The van der Waals surface area contributed by atoms with E-state index in [9.17, 15) is 0 Å². The molecule has 0 saturated carbocycles. The molecule has 1 radical (unpaired) electrons. The Morgan fingerprint density at radius 2 is 2.71 bits per heavy atom. The number of nitrogens with zero attached hydrogens (tertiary/aromatic N) is 2. The van der Waals surface area contributed by atoms with Crippen molar-refractivity contribution in [3.63, 3.8) is 0 Å². The SMILES string of the molecule is Cn1nc[c]c1O. The van der Waals surface area contributed by atoms with Gasteiger partial charge in [0.15, 0.2) is 0 Å². The molecule has 0 saturated heterocycles. The van der Waals surface area contributed by atoms with Crippen LogP contribution in [-0.4, -0.2) is 14.9 Å². The molecule has 0 spiro atoms. The van der Waals surface area contributed by atoms with E-state index in [0.717, 1.165) is 0 Å². The largest absolute Gasteiger partial charge is 0.493 e. The first kappa shape index (κ1) is 4.18. The topological polar surface area (TPSA) is 38.0 Å². The van der Waals surface area contributed by atoms with Gasteiger partial charge in [0, 0.05) is 7.05 Å². The van der Waals surface area contributed by atoms with Gasteiger partial charge < -0.3 is 5.11 Å². The van der Waals surface area contributed by atoms with Crippen molar-refractivity contribution in [2.24, 2.45) is 7.05 Å². The quantitative estimate of drug-likeness (QED) is 0.492. The van der Waals surface area contributed by atoms with E-state index < -0.39 is 0 Å². The minimum atomic E-state index is 0.0694. The van der Waals surface area contributed by atoms with E-state index in [0.29, 0.717) is 0 Å². The second-order valence-electron chi connectivity index (χ2n) is 1.24. The summed E-state index contributed by atoms with van der Waals surface area (Å²) in [6.07, 6.45) is 1.41. The van der Waals surface area contributed by atoms with Crippen molar-refractivity contribution in [1.29, 1.82) is 0 Å². The lowest BCUT2D eigenvalue weighted by atomic mass is 10.7. The van der Waals surface area contributed by atoms with Crippen LogP contribution in [0.4, 0.5) is 0 Å². The van der Waals surface area contributed by atoms with Gasteiger partial charge in [-0.15, -0.1) is 0 Å². The number of hydrogen-bond acceptors (Lipinski definition) is 2. The third-order valence-electron chi connectivity index (χ3n) is 0.731. The van der Waals surface area contributed by atoms with Crippen molar-refractivity contribution in [1.82, 2.24) is 9.78 Å². The van der Waals surface area contributed by atoms with Crippen LogP contribution in [0.25, 0.3) is 0 Å². The minimum Gasteiger partial charge on any atom is -0.493 e. The van der Waals surface area contributed by atoms with Crippen molar-refractivity contribution in [2.75, 3.05) is 0 Å². The first-order valence-corrected chi connectivity index (χ1v) is 1.89. The average molecular weight is 97.1 g/mol. The molecule has 7 heavy (non-hydrogen) atoms. The maximum Gasteiger partial charge on any atom is 0.217 e. The molecule has 0 fully saturated rings. The predicted octanol–water partition coefficient (Wildman–Crippen LogP) is -0.0741. The Balaban J connectivity index is 3.12. The molecule has 0 aromatic carbocycles. The summed E-state index contributed by atoms with van der Waals surface area (Å²) in [4.78, 5) is 0. The highest BCUT2D eigenvalue weighted by Crippen LogP contribution is 1.99. The van der Waals surface area contributed by atoms with Crippen molar-refractivity contribution in [3.05, 3.63) is 12.3 Å². The first-order valence-electron chi connectivity index (χ1n) is 1.89. The zero-order valence-electron chi connectivity index (χ0n) is 3.92. The number of aromatic nitrogens is 2. The van der Waals surface area contributed by atoms with Gasteiger partial charge in [-0.05, 0) is 0 Å². The monoisotopic (exact) mass is 97.0 g/mol. The molecule has 1 aromatic rings. The minimum absolute atomic E-state index is 0.0694. The van der Waals surface area contributed by atoms with Crippen LogP contribution in [0.5, 0.6) is 5.88 Å². The van der Waals surface area contributed by atoms with Crippen LogP contribution in [0.3, 0.4) is 0 Å². The van der Waals surface area contributed by atoms with E-state index in [1.807, 2.05) is 0 Å². The lowest BCUT2D eigenvalue weighted by Gasteiger charge is -1.85. The Hall–Kier alpha value is -0.990. The molecule has 0 amide bonds. The number of hydrogen-bond donors (Lipinski definition) is 1. The fourth-order valence-corrected chi connectivity index (χ4v) is 0.321. The van der Waals surface area contributed by atoms with Gasteiger partial charge in [-0.2, -0.15) is 5.10 Å². The molecular formula is C4H5N2O. The van der Waals surface area contributed by atoms with E-state index in [2.05, 4.69) is 11.2 Å². The highest BCUT2D eigenvalue weighted by atomic mass is 16.3. The van der Waals surface area contributed by atoms with E-state index in [1.165, 1.54) is 10.9 Å². The second kappa shape index (κ2) is 1.26. The van der Waals surface area contributed by atoms with E-state index in [4.69, 9.17) is 5.11 Å². The fourth-order valence-electron chi connectivity index (χ4n) is 0.321. The van der Waals surface area contributed by atoms with Crippen LogP contribution in [0.2, 0.25) is 0 Å². The molecule has 3 heteroatoms. The van der Waals surface area contributed by atoms with Gasteiger partial charge in [0.05, 0.1) is 12.3 Å². The number of aryl methyl sites for hydroxylation is 1. The Morgan fingerprint density at radius 3 is 2.86 bits per heavy atom. The smallest absolute Gasteiger partial charge is 0.217 e. The highest BCUT2D eigenvalue weighted by Gasteiger charge is 1.88.